The van der Waals surface area contributed by atoms with Crippen LogP contribution in [-0.4, -0.2) is 24.0 Å². The lowest BCUT2D eigenvalue weighted by atomic mass is 9.66. The molecule has 24 heavy (non-hydrogen) atoms. The summed E-state index contributed by atoms with van der Waals surface area (Å²) >= 11 is 0. The van der Waals surface area contributed by atoms with Crippen molar-refractivity contribution in [3.05, 3.63) is 48.0 Å². The summed E-state index contributed by atoms with van der Waals surface area (Å²) in [7, 11) is 0. The SMILES string of the molecule is C=CC[C@]1(CCNC(=O)OC(C)(C)C)CCc2ccccc2C1=O. The number of rotatable bonds is 5. The molecule has 1 aromatic rings. The van der Waals surface area contributed by atoms with Crippen LogP contribution in [0.2, 0.25) is 0 Å². The molecule has 1 aromatic carbocycles. The van der Waals surface area contributed by atoms with Gasteiger partial charge < -0.3 is 10.1 Å². The van der Waals surface area contributed by atoms with Crippen LogP contribution in [0.15, 0.2) is 36.9 Å². The lowest BCUT2D eigenvalue weighted by Crippen LogP contribution is -2.40. The van der Waals surface area contributed by atoms with E-state index in [0.717, 1.165) is 24.0 Å². The summed E-state index contributed by atoms with van der Waals surface area (Å²) in [5.41, 5.74) is 0.915. The molecule has 0 aromatic heterocycles. The number of Topliss-reactive ketones (excluding diaryl/α,β-unsaturated/α-hetero) is 1. The Balaban J connectivity index is 2.06. The van der Waals surface area contributed by atoms with Gasteiger partial charge >= 0.3 is 6.09 Å². The van der Waals surface area contributed by atoms with E-state index < -0.39 is 17.1 Å². The summed E-state index contributed by atoms with van der Waals surface area (Å²) in [5.74, 6) is 0.162. The largest absolute Gasteiger partial charge is 0.444 e. The Morgan fingerprint density at radius 3 is 2.75 bits per heavy atom. The molecule has 1 N–H and O–H groups in total. The molecule has 0 unspecified atom stereocenters. The molecular weight excluding hydrogens is 302 g/mol. The second-order valence-electron chi connectivity index (χ2n) is 7.44. The number of nitrogens with one attached hydrogen (secondary N) is 1. The lowest BCUT2D eigenvalue weighted by molar-refractivity contribution is 0.0509. The van der Waals surface area contributed by atoms with Crippen molar-refractivity contribution < 1.29 is 14.3 Å². The summed E-state index contributed by atoms with van der Waals surface area (Å²) in [6, 6.07) is 7.79. The van der Waals surface area contributed by atoms with Gasteiger partial charge in [-0.2, -0.15) is 0 Å². The van der Waals surface area contributed by atoms with Gasteiger partial charge in [-0.25, -0.2) is 4.79 Å². The molecule has 0 aliphatic heterocycles. The zero-order chi connectivity index (χ0) is 17.8. The lowest BCUT2D eigenvalue weighted by Gasteiger charge is -2.36. The molecule has 0 spiro atoms. The number of fused-ring (bicyclic) bond motifs is 1. The number of hydrogen-bond acceptors (Lipinski definition) is 3. The summed E-state index contributed by atoms with van der Waals surface area (Å²) in [4.78, 5) is 24.8. The van der Waals surface area contributed by atoms with Gasteiger partial charge in [-0.3, -0.25) is 4.79 Å². The first-order valence-corrected chi connectivity index (χ1v) is 8.48. The number of ketones is 1. The highest BCUT2D eigenvalue weighted by Crippen LogP contribution is 2.41. The molecule has 0 radical (unpaired) electrons. The maximum absolute atomic E-state index is 13.0. The Hall–Kier alpha value is -2.10. The second-order valence-corrected chi connectivity index (χ2v) is 7.44. The van der Waals surface area contributed by atoms with Gasteiger partial charge in [0.15, 0.2) is 5.78 Å². The summed E-state index contributed by atoms with van der Waals surface area (Å²) < 4.78 is 5.25. The van der Waals surface area contributed by atoms with Gasteiger partial charge in [-0.15, -0.1) is 6.58 Å². The Bertz CT molecular complexity index is 630. The standard InChI is InChI=1S/C20H27NO3/c1-5-11-20(13-14-21-18(23)24-19(2,3)4)12-10-15-8-6-7-9-16(15)17(20)22/h5-9H,1,10-14H2,2-4H3,(H,21,23)/t20-/m1/s1. The third-order valence-corrected chi connectivity index (χ3v) is 4.42. The maximum Gasteiger partial charge on any atom is 0.407 e. The number of carbonyl (C=O) groups excluding carboxylic acids is 2. The minimum Gasteiger partial charge on any atom is -0.444 e. The van der Waals surface area contributed by atoms with E-state index >= 15 is 0 Å². The third kappa shape index (κ3) is 4.25. The molecule has 0 bridgehead atoms. The number of aryl methyl sites for hydroxylation is 1. The van der Waals surface area contributed by atoms with Crippen molar-refractivity contribution in [2.75, 3.05) is 6.54 Å². The fraction of sp³-hybridized carbons (Fsp3) is 0.500. The molecule has 0 heterocycles. The average molecular weight is 329 g/mol. The molecule has 1 aliphatic rings. The van der Waals surface area contributed by atoms with Crippen LogP contribution in [0.1, 0.15) is 56.0 Å². The molecular formula is C20H27NO3. The van der Waals surface area contributed by atoms with Crippen LogP contribution in [0.3, 0.4) is 0 Å². The highest BCUT2D eigenvalue weighted by Gasteiger charge is 2.41. The normalized spacial score (nSPS) is 20.2. The second kappa shape index (κ2) is 7.20. The van der Waals surface area contributed by atoms with E-state index in [1.54, 1.807) is 6.08 Å². The highest BCUT2D eigenvalue weighted by molar-refractivity contribution is 6.02. The zero-order valence-electron chi connectivity index (χ0n) is 14.9. The molecule has 1 atom stereocenters. The third-order valence-electron chi connectivity index (χ3n) is 4.42. The van der Waals surface area contributed by atoms with E-state index in [0.29, 0.717) is 19.4 Å². The predicted octanol–water partition coefficient (Wildman–Crippen LogP) is 4.29. The van der Waals surface area contributed by atoms with Gasteiger partial charge in [-0.05, 0) is 52.0 Å². The smallest absolute Gasteiger partial charge is 0.407 e. The Morgan fingerprint density at radius 2 is 2.08 bits per heavy atom. The maximum atomic E-state index is 13.0. The van der Waals surface area contributed by atoms with E-state index in [1.165, 1.54) is 0 Å². The van der Waals surface area contributed by atoms with E-state index in [9.17, 15) is 9.59 Å². The average Bonchev–Trinajstić information content (AvgIpc) is 2.50. The Kier molecular flexibility index (Phi) is 5.47. The quantitative estimate of drug-likeness (QED) is 0.820. The first-order valence-electron chi connectivity index (χ1n) is 8.48. The van der Waals surface area contributed by atoms with Crippen molar-refractivity contribution in [2.24, 2.45) is 5.41 Å². The van der Waals surface area contributed by atoms with Gasteiger partial charge in [0.1, 0.15) is 5.60 Å². The first-order chi connectivity index (χ1) is 11.3. The molecule has 1 aliphatic carbocycles. The molecule has 0 fully saturated rings. The fourth-order valence-corrected chi connectivity index (χ4v) is 3.26. The van der Waals surface area contributed by atoms with Gasteiger partial charge in [0, 0.05) is 17.5 Å². The fourth-order valence-electron chi connectivity index (χ4n) is 3.26. The minimum absolute atomic E-state index is 0.162. The monoisotopic (exact) mass is 329 g/mol. The number of alkyl carbamates (subject to hydrolysis) is 1. The van der Waals surface area contributed by atoms with Gasteiger partial charge in [-0.1, -0.05) is 30.3 Å². The van der Waals surface area contributed by atoms with Gasteiger partial charge in [0.05, 0.1) is 0 Å². The number of hydrogen-bond donors (Lipinski definition) is 1. The summed E-state index contributed by atoms with van der Waals surface area (Å²) in [5, 5.41) is 2.77. The van der Waals surface area contributed by atoms with E-state index in [1.807, 2.05) is 45.0 Å². The number of carbonyl (C=O) groups is 2. The molecule has 1 amide bonds. The highest BCUT2D eigenvalue weighted by atomic mass is 16.6. The van der Waals surface area contributed by atoms with Crippen molar-refractivity contribution in [3.8, 4) is 0 Å². The number of amides is 1. The minimum atomic E-state index is -0.525. The zero-order valence-corrected chi connectivity index (χ0v) is 14.9. The van der Waals surface area contributed by atoms with Crippen LogP contribution in [0.25, 0.3) is 0 Å². The number of allylic oxidation sites excluding steroid dienone is 1. The molecule has 4 nitrogen and oxygen atoms in total. The van der Waals surface area contributed by atoms with Crippen LogP contribution < -0.4 is 5.32 Å². The van der Waals surface area contributed by atoms with E-state index in [4.69, 9.17) is 4.74 Å². The van der Waals surface area contributed by atoms with Crippen molar-refractivity contribution in [2.45, 2.75) is 52.1 Å². The molecule has 2 rings (SSSR count). The molecule has 0 saturated carbocycles. The van der Waals surface area contributed by atoms with Crippen LogP contribution in [0.4, 0.5) is 4.79 Å². The van der Waals surface area contributed by atoms with Crippen LogP contribution in [-0.2, 0) is 11.2 Å². The molecule has 130 valence electrons. The van der Waals surface area contributed by atoms with E-state index in [-0.39, 0.29) is 5.78 Å². The van der Waals surface area contributed by atoms with Crippen LogP contribution in [0, 0.1) is 5.41 Å². The summed E-state index contributed by atoms with van der Waals surface area (Å²) in [6.07, 6.45) is 4.23. The Morgan fingerprint density at radius 1 is 1.38 bits per heavy atom. The van der Waals surface area contributed by atoms with Crippen LogP contribution in [0.5, 0.6) is 0 Å². The van der Waals surface area contributed by atoms with Crippen LogP contribution >= 0.6 is 0 Å². The summed E-state index contributed by atoms with van der Waals surface area (Å²) in [6.45, 7) is 9.71. The first kappa shape index (κ1) is 18.2. The van der Waals surface area contributed by atoms with Gasteiger partial charge in [0.2, 0.25) is 0 Å². The van der Waals surface area contributed by atoms with Crippen molar-refractivity contribution >= 4 is 11.9 Å². The van der Waals surface area contributed by atoms with Gasteiger partial charge in [0.25, 0.3) is 0 Å². The molecule has 4 heteroatoms. The Labute approximate surface area is 144 Å². The van der Waals surface area contributed by atoms with Crippen molar-refractivity contribution in [3.63, 3.8) is 0 Å². The number of benzene rings is 1. The predicted molar refractivity (Wildman–Crippen MR) is 95.2 cm³/mol. The molecule has 0 saturated heterocycles. The van der Waals surface area contributed by atoms with Crippen molar-refractivity contribution in [1.82, 2.24) is 5.32 Å². The van der Waals surface area contributed by atoms with Crippen molar-refractivity contribution in [1.29, 1.82) is 0 Å². The topological polar surface area (TPSA) is 55.4 Å². The van der Waals surface area contributed by atoms with E-state index in [2.05, 4.69) is 11.9 Å². The number of ether oxygens (including phenoxy) is 1.